The van der Waals surface area contributed by atoms with Crippen molar-refractivity contribution in [2.45, 2.75) is 13.5 Å². The first-order valence-electron chi connectivity index (χ1n) is 6.09. The zero-order valence-corrected chi connectivity index (χ0v) is 10.9. The number of aryl methyl sites for hydroxylation is 1. The molecule has 0 saturated heterocycles. The molecule has 3 aromatic heterocycles. The van der Waals surface area contributed by atoms with Gasteiger partial charge in [-0.25, -0.2) is 4.98 Å². The number of fused-ring (bicyclic) bond motifs is 1. The Bertz CT molecular complexity index is 728. The van der Waals surface area contributed by atoms with Crippen LogP contribution in [0.15, 0.2) is 30.6 Å². The van der Waals surface area contributed by atoms with E-state index in [0.717, 1.165) is 17.9 Å². The second kappa shape index (κ2) is 4.31. The Morgan fingerprint density at radius 1 is 1.37 bits per heavy atom. The molecule has 6 nitrogen and oxygen atoms in total. The molecule has 98 valence electrons. The molecule has 0 saturated carbocycles. The van der Waals surface area contributed by atoms with Crippen LogP contribution in [-0.2, 0) is 6.54 Å². The van der Waals surface area contributed by atoms with Gasteiger partial charge in [-0.15, -0.1) is 0 Å². The summed E-state index contributed by atoms with van der Waals surface area (Å²) in [7, 11) is 1.62. The monoisotopic (exact) mass is 257 g/mol. The molecule has 0 aromatic carbocycles. The number of hydrogen-bond acceptors (Lipinski definition) is 4. The highest BCUT2D eigenvalue weighted by molar-refractivity contribution is 5.75. The van der Waals surface area contributed by atoms with Crippen molar-refractivity contribution in [1.29, 1.82) is 0 Å². The Hall–Kier alpha value is -2.50. The van der Waals surface area contributed by atoms with Gasteiger partial charge in [-0.05, 0) is 25.1 Å². The Morgan fingerprint density at radius 3 is 2.95 bits per heavy atom. The number of nitrogen functional groups attached to an aromatic ring is 1. The van der Waals surface area contributed by atoms with Gasteiger partial charge in [0.25, 0.3) is 0 Å². The van der Waals surface area contributed by atoms with Crippen molar-refractivity contribution in [3.63, 3.8) is 0 Å². The van der Waals surface area contributed by atoms with Gasteiger partial charge >= 0.3 is 0 Å². The van der Waals surface area contributed by atoms with Crippen LogP contribution in [0, 0.1) is 0 Å². The van der Waals surface area contributed by atoms with Gasteiger partial charge in [-0.3, -0.25) is 9.08 Å². The van der Waals surface area contributed by atoms with Crippen molar-refractivity contribution >= 4 is 11.5 Å². The molecular formula is C13H15N5O. The minimum Gasteiger partial charge on any atom is -0.493 e. The highest BCUT2D eigenvalue weighted by Crippen LogP contribution is 2.29. The van der Waals surface area contributed by atoms with Crippen molar-refractivity contribution in [3.05, 3.63) is 30.6 Å². The van der Waals surface area contributed by atoms with Crippen LogP contribution in [0.5, 0.6) is 5.75 Å². The summed E-state index contributed by atoms with van der Waals surface area (Å²) in [5.74, 6) is 1.28. The Balaban J connectivity index is 2.28. The fraction of sp³-hybridized carbons (Fsp3) is 0.231. The Morgan fingerprint density at radius 2 is 2.21 bits per heavy atom. The van der Waals surface area contributed by atoms with Crippen LogP contribution in [-0.4, -0.2) is 26.3 Å². The maximum absolute atomic E-state index is 6.18. The summed E-state index contributed by atoms with van der Waals surface area (Å²) in [4.78, 5) is 4.59. The molecule has 0 radical (unpaired) electrons. The predicted molar refractivity (Wildman–Crippen MR) is 73.1 cm³/mol. The maximum atomic E-state index is 6.18. The molecule has 3 rings (SSSR count). The highest BCUT2D eigenvalue weighted by atomic mass is 16.5. The van der Waals surface area contributed by atoms with E-state index in [-0.39, 0.29) is 0 Å². The molecule has 0 aliphatic carbocycles. The predicted octanol–water partition coefficient (Wildman–Crippen LogP) is 1.81. The Kier molecular flexibility index (Phi) is 2.63. The molecule has 0 atom stereocenters. The largest absolute Gasteiger partial charge is 0.493 e. The average Bonchev–Trinajstić information content (AvgIpc) is 3.03. The molecule has 0 bridgehead atoms. The van der Waals surface area contributed by atoms with E-state index in [9.17, 15) is 0 Å². The summed E-state index contributed by atoms with van der Waals surface area (Å²) in [5, 5.41) is 4.25. The molecule has 2 N–H and O–H groups in total. The quantitative estimate of drug-likeness (QED) is 0.776. The zero-order valence-electron chi connectivity index (χ0n) is 10.9. The number of pyridine rings is 1. The second-order valence-corrected chi connectivity index (χ2v) is 4.15. The summed E-state index contributed by atoms with van der Waals surface area (Å²) < 4.78 is 8.99. The second-order valence-electron chi connectivity index (χ2n) is 4.15. The van der Waals surface area contributed by atoms with Crippen molar-refractivity contribution in [2.75, 3.05) is 12.8 Å². The number of hydrogen-bond donors (Lipinski definition) is 1. The molecule has 0 unspecified atom stereocenters. The van der Waals surface area contributed by atoms with Crippen molar-refractivity contribution < 1.29 is 4.74 Å². The number of rotatable bonds is 3. The van der Waals surface area contributed by atoms with E-state index in [1.165, 1.54) is 0 Å². The van der Waals surface area contributed by atoms with Crippen molar-refractivity contribution in [3.8, 4) is 17.1 Å². The smallest absolute Gasteiger partial charge is 0.181 e. The number of nitrogens with two attached hydrogens (primary N) is 1. The molecule has 0 aliphatic rings. The fourth-order valence-corrected chi connectivity index (χ4v) is 2.19. The van der Waals surface area contributed by atoms with E-state index in [1.54, 1.807) is 13.3 Å². The standard InChI is InChI=1S/C13H15N5O/c1-3-18-9(6-7-15-18)11-12(14)17-8-4-5-10(19-2)13(17)16-11/h4-8H,3,14H2,1-2H3. The molecular weight excluding hydrogens is 242 g/mol. The molecule has 6 heteroatoms. The van der Waals surface area contributed by atoms with Crippen molar-refractivity contribution in [1.82, 2.24) is 19.2 Å². The molecule has 0 fully saturated rings. The van der Waals surface area contributed by atoms with Crippen LogP contribution < -0.4 is 10.5 Å². The Labute approximate surface area is 110 Å². The lowest BCUT2D eigenvalue weighted by Crippen LogP contribution is -2.01. The number of anilines is 1. The van der Waals surface area contributed by atoms with E-state index in [0.29, 0.717) is 17.2 Å². The van der Waals surface area contributed by atoms with Gasteiger partial charge in [-0.1, -0.05) is 0 Å². The number of methoxy groups -OCH3 is 1. The van der Waals surface area contributed by atoms with Gasteiger partial charge in [0.1, 0.15) is 11.5 Å². The minimum absolute atomic E-state index is 0.587. The van der Waals surface area contributed by atoms with Crippen LogP contribution in [0.3, 0.4) is 0 Å². The van der Waals surface area contributed by atoms with Gasteiger partial charge in [0.05, 0.1) is 12.8 Å². The van der Waals surface area contributed by atoms with Gasteiger partial charge in [0.15, 0.2) is 11.4 Å². The topological polar surface area (TPSA) is 70.4 Å². The first-order valence-corrected chi connectivity index (χ1v) is 6.09. The number of aromatic nitrogens is 4. The summed E-state index contributed by atoms with van der Waals surface area (Å²) >= 11 is 0. The first-order chi connectivity index (χ1) is 9.26. The number of ether oxygens (including phenoxy) is 1. The molecule has 0 spiro atoms. The molecule has 19 heavy (non-hydrogen) atoms. The summed E-state index contributed by atoms with van der Waals surface area (Å²) in [6, 6.07) is 5.65. The van der Waals surface area contributed by atoms with E-state index < -0.39 is 0 Å². The summed E-state index contributed by atoms with van der Waals surface area (Å²) in [6.07, 6.45) is 3.62. The summed E-state index contributed by atoms with van der Waals surface area (Å²) in [5.41, 5.74) is 8.52. The van der Waals surface area contributed by atoms with Crippen LogP contribution in [0.25, 0.3) is 17.0 Å². The highest BCUT2D eigenvalue weighted by Gasteiger charge is 2.16. The van der Waals surface area contributed by atoms with E-state index in [4.69, 9.17) is 10.5 Å². The zero-order chi connectivity index (χ0) is 13.4. The molecule has 0 amide bonds. The van der Waals surface area contributed by atoms with Crippen LogP contribution in [0.4, 0.5) is 5.82 Å². The van der Waals surface area contributed by atoms with Crippen LogP contribution in [0.1, 0.15) is 6.92 Å². The average molecular weight is 257 g/mol. The lowest BCUT2D eigenvalue weighted by Gasteiger charge is -2.02. The third kappa shape index (κ3) is 1.64. The third-order valence-electron chi connectivity index (χ3n) is 3.13. The molecule has 3 aromatic rings. The fourth-order valence-electron chi connectivity index (χ4n) is 2.19. The lowest BCUT2D eigenvalue weighted by atomic mass is 10.3. The van der Waals surface area contributed by atoms with E-state index >= 15 is 0 Å². The van der Waals surface area contributed by atoms with Gasteiger partial charge in [0.2, 0.25) is 0 Å². The van der Waals surface area contributed by atoms with Gasteiger partial charge in [0, 0.05) is 18.9 Å². The molecule has 3 heterocycles. The maximum Gasteiger partial charge on any atom is 0.181 e. The summed E-state index contributed by atoms with van der Waals surface area (Å²) in [6.45, 7) is 2.80. The van der Waals surface area contributed by atoms with Gasteiger partial charge < -0.3 is 10.5 Å². The normalized spacial score (nSPS) is 11.1. The van der Waals surface area contributed by atoms with Crippen molar-refractivity contribution in [2.24, 2.45) is 0 Å². The van der Waals surface area contributed by atoms with E-state index in [1.807, 2.05) is 40.4 Å². The SMILES string of the molecule is CCn1nccc1-c1nc2c(OC)cccn2c1N. The van der Waals surface area contributed by atoms with Crippen LogP contribution in [0.2, 0.25) is 0 Å². The first kappa shape index (κ1) is 11.6. The third-order valence-corrected chi connectivity index (χ3v) is 3.13. The number of nitrogens with zero attached hydrogens (tertiary/aromatic N) is 4. The lowest BCUT2D eigenvalue weighted by molar-refractivity contribution is 0.417. The minimum atomic E-state index is 0.587. The van der Waals surface area contributed by atoms with Gasteiger partial charge in [-0.2, -0.15) is 5.10 Å². The van der Waals surface area contributed by atoms with E-state index in [2.05, 4.69) is 10.1 Å². The molecule has 0 aliphatic heterocycles. The number of imidazole rings is 1. The van der Waals surface area contributed by atoms with Crippen LogP contribution >= 0.6 is 0 Å².